The predicted molar refractivity (Wildman–Crippen MR) is 106 cm³/mol. The van der Waals surface area contributed by atoms with E-state index in [2.05, 4.69) is 15.1 Å². The van der Waals surface area contributed by atoms with Crippen molar-refractivity contribution in [2.75, 3.05) is 25.4 Å². The fourth-order valence-corrected chi connectivity index (χ4v) is 4.48. The molecule has 0 aliphatic rings. The zero-order valence-electron chi connectivity index (χ0n) is 15.9. The number of imidazole rings is 1. The Morgan fingerprint density at radius 3 is 2.83 bits per heavy atom. The van der Waals surface area contributed by atoms with Gasteiger partial charge in [0.25, 0.3) is 0 Å². The maximum absolute atomic E-state index is 13.2. The van der Waals surface area contributed by atoms with Crippen molar-refractivity contribution in [3.63, 3.8) is 0 Å². The molecule has 0 aliphatic carbocycles. The van der Waals surface area contributed by atoms with Crippen LogP contribution in [-0.2, 0) is 10.0 Å². The summed E-state index contributed by atoms with van der Waals surface area (Å²) in [6.07, 6.45) is 3.22. The number of aliphatic hydroxyl groups is 1. The molecule has 10 nitrogen and oxygen atoms in total. The molecule has 11 heteroatoms. The maximum Gasteiger partial charge on any atom is 0.243 e. The largest absolute Gasteiger partial charge is 0.396 e. The topological polar surface area (TPSA) is 150 Å². The van der Waals surface area contributed by atoms with Crippen molar-refractivity contribution in [2.24, 2.45) is 0 Å². The molecule has 3 rings (SSSR count). The highest BCUT2D eigenvalue weighted by molar-refractivity contribution is 7.89. The van der Waals surface area contributed by atoms with E-state index in [9.17, 15) is 8.42 Å². The second-order valence-corrected chi connectivity index (χ2v) is 8.33. The minimum Gasteiger partial charge on any atom is -0.396 e. The van der Waals surface area contributed by atoms with Gasteiger partial charge in [-0.15, -0.1) is 0 Å². The van der Waals surface area contributed by atoms with Crippen molar-refractivity contribution >= 4 is 21.5 Å². The van der Waals surface area contributed by atoms with Gasteiger partial charge in [-0.1, -0.05) is 6.07 Å². The lowest BCUT2D eigenvalue weighted by Gasteiger charge is -2.21. The molecule has 0 spiro atoms. The number of aliphatic hydroxyl groups excluding tert-OH is 1. The lowest BCUT2D eigenvalue weighted by atomic mass is 10.1. The molecule has 0 aliphatic heterocycles. The Kier molecular flexibility index (Phi) is 6.07. The lowest BCUT2D eigenvalue weighted by Crippen LogP contribution is -2.33. The second-order valence-electron chi connectivity index (χ2n) is 6.39. The van der Waals surface area contributed by atoms with Gasteiger partial charge >= 0.3 is 0 Å². The third-order valence-electron chi connectivity index (χ3n) is 4.49. The van der Waals surface area contributed by atoms with Gasteiger partial charge in [0.15, 0.2) is 11.5 Å². The fourth-order valence-electron chi connectivity index (χ4n) is 2.98. The van der Waals surface area contributed by atoms with E-state index in [1.807, 2.05) is 13.0 Å². The number of benzene rings is 1. The first-order valence-electron chi connectivity index (χ1n) is 8.93. The van der Waals surface area contributed by atoms with Crippen LogP contribution >= 0.6 is 0 Å². The molecular formula is C18H21N7O3S. The minimum absolute atomic E-state index is 0.0570. The molecule has 0 radical (unpaired) electrons. The number of fused-ring (bicyclic) bond motifs is 1. The third-order valence-corrected chi connectivity index (χ3v) is 6.39. The molecule has 1 aromatic carbocycles. The molecule has 0 saturated carbocycles. The summed E-state index contributed by atoms with van der Waals surface area (Å²) < 4.78 is 29.1. The molecule has 3 aromatic rings. The summed E-state index contributed by atoms with van der Waals surface area (Å²) in [5.74, 6) is 0.222. The minimum atomic E-state index is -3.85. The first kappa shape index (κ1) is 20.7. The molecule has 0 amide bonds. The molecule has 0 fully saturated rings. The molecular weight excluding hydrogens is 394 g/mol. The number of aryl methyl sites for hydroxylation is 1. The Hall–Kier alpha value is -3.07. The smallest absolute Gasteiger partial charge is 0.243 e. The quantitative estimate of drug-likeness (QED) is 0.552. The highest BCUT2D eigenvalue weighted by atomic mass is 32.2. The Bertz CT molecular complexity index is 1170. The monoisotopic (exact) mass is 415 g/mol. The summed E-state index contributed by atoms with van der Waals surface area (Å²) in [5, 5.41) is 22.1. The first-order valence-corrected chi connectivity index (χ1v) is 10.4. The Labute approximate surface area is 168 Å². The molecule has 0 atom stereocenters. The molecule has 2 aromatic heterocycles. The van der Waals surface area contributed by atoms with E-state index >= 15 is 0 Å². The summed E-state index contributed by atoms with van der Waals surface area (Å²) in [7, 11) is -3.85. The van der Waals surface area contributed by atoms with E-state index < -0.39 is 10.0 Å². The van der Waals surface area contributed by atoms with Crippen molar-refractivity contribution in [3.8, 4) is 17.3 Å². The molecule has 3 N–H and O–H groups in total. The van der Waals surface area contributed by atoms with E-state index in [1.165, 1.54) is 21.2 Å². The normalized spacial score (nSPS) is 11.8. The number of aromatic nitrogens is 4. The highest BCUT2D eigenvalue weighted by Crippen LogP contribution is 2.28. The molecule has 2 heterocycles. The van der Waals surface area contributed by atoms with Crippen LogP contribution in [0.4, 0.5) is 5.82 Å². The SMILES string of the molecule is Cc1ccc(S(=O)(=O)N(CCC#N)CCCO)cc1-c1cnc2c(N)ncnn12. The Balaban J connectivity index is 2.08. The van der Waals surface area contributed by atoms with Gasteiger partial charge in [-0.25, -0.2) is 22.9 Å². The molecule has 0 unspecified atom stereocenters. The summed E-state index contributed by atoms with van der Waals surface area (Å²) in [4.78, 5) is 8.23. The number of nitrogen functional groups attached to an aromatic ring is 1. The number of rotatable bonds is 8. The fraction of sp³-hybridized carbons (Fsp3) is 0.333. The van der Waals surface area contributed by atoms with Crippen LogP contribution < -0.4 is 5.73 Å². The number of nitrogens with two attached hydrogens (primary N) is 1. The van der Waals surface area contributed by atoms with Crippen LogP contribution in [0, 0.1) is 18.3 Å². The van der Waals surface area contributed by atoms with E-state index in [0.29, 0.717) is 16.9 Å². The van der Waals surface area contributed by atoms with E-state index in [0.717, 1.165) is 5.56 Å². The van der Waals surface area contributed by atoms with Gasteiger partial charge in [0.05, 0.1) is 22.9 Å². The van der Waals surface area contributed by atoms with E-state index in [1.54, 1.807) is 18.3 Å². The standard InChI is InChI=1S/C18H21N7O3S/c1-13-4-5-14(29(27,28)24(7-2-6-19)8-3-9-26)10-15(13)16-11-21-18-17(20)22-12-23-25(16)18/h4-5,10-12,26H,2-3,7-9H2,1H3,(H2,20,22,23). The van der Waals surface area contributed by atoms with Crippen LogP contribution in [0.5, 0.6) is 0 Å². The number of hydrogen-bond acceptors (Lipinski definition) is 8. The predicted octanol–water partition coefficient (Wildman–Crippen LogP) is 0.969. The van der Waals surface area contributed by atoms with Gasteiger partial charge in [-0.05, 0) is 31.0 Å². The highest BCUT2D eigenvalue weighted by Gasteiger charge is 2.25. The van der Waals surface area contributed by atoms with Gasteiger partial charge in [0.2, 0.25) is 10.0 Å². The van der Waals surface area contributed by atoms with Crippen molar-refractivity contribution < 1.29 is 13.5 Å². The van der Waals surface area contributed by atoms with Gasteiger partial charge < -0.3 is 10.8 Å². The van der Waals surface area contributed by atoms with Crippen molar-refractivity contribution in [1.29, 1.82) is 5.26 Å². The van der Waals surface area contributed by atoms with Gasteiger partial charge in [-0.2, -0.15) is 14.7 Å². The van der Waals surface area contributed by atoms with Crippen LogP contribution in [0.3, 0.4) is 0 Å². The number of nitriles is 1. The average molecular weight is 415 g/mol. The van der Waals surface area contributed by atoms with Crippen molar-refractivity contribution in [2.45, 2.75) is 24.7 Å². The van der Waals surface area contributed by atoms with Gasteiger partial charge in [-0.3, -0.25) is 0 Å². The second kappa shape index (κ2) is 8.52. The maximum atomic E-state index is 13.2. The molecule has 0 bridgehead atoms. The van der Waals surface area contributed by atoms with Crippen LogP contribution in [0.25, 0.3) is 16.9 Å². The summed E-state index contributed by atoms with van der Waals surface area (Å²) >= 11 is 0. The van der Waals surface area contributed by atoms with Crippen LogP contribution in [0.2, 0.25) is 0 Å². The Morgan fingerprint density at radius 1 is 1.31 bits per heavy atom. The van der Waals surface area contributed by atoms with Crippen LogP contribution in [0.15, 0.2) is 35.6 Å². The van der Waals surface area contributed by atoms with Crippen molar-refractivity contribution in [1.82, 2.24) is 23.9 Å². The molecule has 152 valence electrons. The Morgan fingerprint density at radius 2 is 2.10 bits per heavy atom. The van der Waals surface area contributed by atoms with Gasteiger partial charge in [0, 0.05) is 31.7 Å². The summed E-state index contributed by atoms with van der Waals surface area (Å²) in [6, 6.07) is 6.76. The van der Waals surface area contributed by atoms with E-state index in [4.69, 9.17) is 16.1 Å². The average Bonchev–Trinajstić information content (AvgIpc) is 3.13. The molecule has 0 saturated heterocycles. The van der Waals surface area contributed by atoms with E-state index in [-0.39, 0.29) is 43.3 Å². The number of anilines is 1. The van der Waals surface area contributed by atoms with Gasteiger partial charge in [0.1, 0.15) is 6.33 Å². The van der Waals surface area contributed by atoms with Crippen molar-refractivity contribution in [3.05, 3.63) is 36.3 Å². The number of hydrogen-bond donors (Lipinski definition) is 2. The third kappa shape index (κ3) is 4.04. The first-order chi connectivity index (χ1) is 13.9. The zero-order chi connectivity index (χ0) is 21.0. The summed E-state index contributed by atoms with van der Waals surface area (Å²) in [6.45, 7) is 1.90. The zero-order valence-corrected chi connectivity index (χ0v) is 16.7. The number of nitrogens with zero attached hydrogens (tertiary/aromatic N) is 6. The lowest BCUT2D eigenvalue weighted by molar-refractivity contribution is 0.270. The number of sulfonamides is 1. The summed E-state index contributed by atoms with van der Waals surface area (Å²) in [5.41, 5.74) is 8.28. The van der Waals surface area contributed by atoms with Crippen LogP contribution in [0.1, 0.15) is 18.4 Å². The van der Waals surface area contributed by atoms with Crippen LogP contribution in [-0.4, -0.2) is 57.1 Å². The molecule has 29 heavy (non-hydrogen) atoms.